The Kier molecular flexibility index (Phi) is 5.15. The summed E-state index contributed by atoms with van der Waals surface area (Å²) in [6, 6.07) is 18.8. The lowest BCUT2D eigenvalue weighted by atomic mass is 10.1. The molecule has 0 amide bonds. The summed E-state index contributed by atoms with van der Waals surface area (Å²) >= 11 is 0. The summed E-state index contributed by atoms with van der Waals surface area (Å²) < 4.78 is 0. The van der Waals surface area contributed by atoms with E-state index in [2.05, 4.69) is 62.7 Å². The minimum atomic E-state index is -0.835. The van der Waals surface area contributed by atoms with Gasteiger partial charge in [-0.1, -0.05) is 99.3 Å². The first-order chi connectivity index (χ1) is 10.8. The first-order valence-corrected chi connectivity index (χ1v) is 11.1. The number of hydrogen-bond donors (Lipinski definition) is 0. The number of hydrogen-bond acceptors (Lipinski definition) is 0. The molecule has 2 aromatic carbocycles. The van der Waals surface area contributed by atoms with Gasteiger partial charge in [-0.3, -0.25) is 0 Å². The Balaban J connectivity index is 1.94. The monoisotopic (exact) mass is 307 g/mol. The van der Waals surface area contributed by atoms with Gasteiger partial charge in [0.2, 0.25) is 0 Å². The van der Waals surface area contributed by atoms with Crippen molar-refractivity contribution < 1.29 is 0 Å². The van der Waals surface area contributed by atoms with Crippen molar-refractivity contribution in [3.63, 3.8) is 0 Å². The van der Waals surface area contributed by atoms with Crippen LogP contribution >= 0.6 is 0 Å². The van der Waals surface area contributed by atoms with Gasteiger partial charge in [-0.15, -0.1) is 0 Å². The number of rotatable bonds is 7. The fraction of sp³-hybridized carbons (Fsp3) is 0.381. The standard InChI is InChI=1S/C21H27Si/c1-3-5-14-22(15-6-4-2)21-13-9-12-19-18-11-8-7-10-17(18)16-20(19)21/h7-13,16,22H,3-6,14-15H2,1-2H3. The quantitative estimate of drug-likeness (QED) is 0.519. The summed E-state index contributed by atoms with van der Waals surface area (Å²) in [5.41, 5.74) is 5.85. The molecular weight excluding hydrogens is 280 g/mol. The van der Waals surface area contributed by atoms with Gasteiger partial charge in [0, 0.05) is 6.42 Å². The highest BCUT2D eigenvalue weighted by Crippen LogP contribution is 2.37. The Morgan fingerprint density at radius 2 is 1.45 bits per heavy atom. The Morgan fingerprint density at radius 1 is 0.773 bits per heavy atom. The number of benzene rings is 2. The van der Waals surface area contributed by atoms with Crippen LogP contribution in [0.4, 0.5) is 0 Å². The molecule has 0 fully saturated rings. The van der Waals surface area contributed by atoms with Gasteiger partial charge in [0.15, 0.2) is 0 Å². The number of unbranched alkanes of at least 4 members (excludes halogenated alkanes) is 2. The Labute approximate surface area is 137 Å². The van der Waals surface area contributed by atoms with E-state index in [0.29, 0.717) is 0 Å². The van der Waals surface area contributed by atoms with Crippen LogP contribution in [-0.4, -0.2) is 8.80 Å². The second-order valence-electron chi connectivity index (χ2n) is 6.52. The summed E-state index contributed by atoms with van der Waals surface area (Å²) in [4.78, 5) is 0. The zero-order valence-corrected chi connectivity index (χ0v) is 15.1. The van der Waals surface area contributed by atoms with Gasteiger partial charge in [-0.2, -0.15) is 0 Å². The van der Waals surface area contributed by atoms with Gasteiger partial charge in [0.1, 0.15) is 0 Å². The molecule has 0 heterocycles. The van der Waals surface area contributed by atoms with E-state index >= 15 is 0 Å². The van der Waals surface area contributed by atoms with E-state index in [-0.39, 0.29) is 0 Å². The summed E-state index contributed by atoms with van der Waals surface area (Å²) in [5, 5.41) is 1.72. The van der Waals surface area contributed by atoms with Crippen molar-refractivity contribution >= 4 is 14.0 Å². The van der Waals surface area contributed by atoms with Crippen LogP contribution in [0.1, 0.15) is 50.7 Å². The molecule has 1 radical (unpaired) electrons. The highest BCUT2D eigenvalue weighted by atomic mass is 28.3. The van der Waals surface area contributed by atoms with Crippen molar-refractivity contribution in [2.45, 2.75) is 51.6 Å². The SMILES string of the molecule is CCCC[SiH](CCCC)c1cccc2c1[CH]c1ccccc1-2. The maximum Gasteiger partial charge on any atom is 0.0712 e. The molecule has 2 aromatic rings. The van der Waals surface area contributed by atoms with E-state index in [1.165, 1.54) is 54.5 Å². The molecule has 1 aliphatic carbocycles. The largest absolute Gasteiger partial charge is 0.0712 e. The average molecular weight is 308 g/mol. The molecule has 1 heteroatoms. The van der Waals surface area contributed by atoms with Crippen LogP contribution in [0.5, 0.6) is 0 Å². The molecule has 1 aliphatic rings. The van der Waals surface area contributed by atoms with Crippen LogP contribution in [0.15, 0.2) is 42.5 Å². The summed E-state index contributed by atoms with van der Waals surface area (Å²) in [6.45, 7) is 4.64. The van der Waals surface area contributed by atoms with Gasteiger partial charge in [0.05, 0.1) is 8.80 Å². The van der Waals surface area contributed by atoms with Gasteiger partial charge in [0.25, 0.3) is 0 Å². The normalized spacial score (nSPS) is 12.5. The number of fused-ring (bicyclic) bond motifs is 3. The van der Waals surface area contributed by atoms with Crippen molar-refractivity contribution in [1.29, 1.82) is 0 Å². The molecule has 0 N–H and O–H groups in total. The Morgan fingerprint density at radius 3 is 2.18 bits per heavy atom. The highest BCUT2D eigenvalue weighted by molar-refractivity contribution is 6.74. The molecule has 0 saturated carbocycles. The van der Waals surface area contributed by atoms with Crippen LogP contribution in [0.25, 0.3) is 11.1 Å². The zero-order chi connectivity index (χ0) is 15.4. The molecule has 0 aromatic heterocycles. The third-order valence-corrected chi connectivity index (χ3v) is 8.54. The molecule has 22 heavy (non-hydrogen) atoms. The third-order valence-electron chi connectivity index (χ3n) is 4.94. The maximum atomic E-state index is 2.44. The minimum absolute atomic E-state index is 0.835. The molecule has 0 saturated heterocycles. The lowest BCUT2D eigenvalue weighted by Gasteiger charge is -2.19. The first-order valence-electron chi connectivity index (χ1n) is 8.92. The van der Waals surface area contributed by atoms with Gasteiger partial charge >= 0.3 is 0 Å². The second-order valence-corrected chi connectivity index (χ2v) is 9.69. The zero-order valence-electron chi connectivity index (χ0n) is 13.9. The third kappa shape index (κ3) is 3.05. The molecule has 3 rings (SSSR count). The lowest BCUT2D eigenvalue weighted by Crippen LogP contribution is -2.32. The Bertz CT molecular complexity index is 622. The average Bonchev–Trinajstić information content (AvgIpc) is 2.94. The predicted molar refractivity (Wildman–Crippen MR) is 101 cm³/mol. The van der Waals surface area contributed by atoms with E-state index in [4.69, 9.17) is 0 Å². The fourth-order valence-electron chi connectivity index (χ4n) is 3.72. The summed E-state index contributed by atoms with van der Waals surface area (Å²) in [7, 11) is -0.835. The van der Waals surface area contributed by atoms with E-state index in [0.717, 1.165) is 0 Å². The predicted octanol–water partition coefficient (Wildman–Crippen LogP) is 5.30. The molecule has 0 atom stereocenters. The molecule has 0 spiro atoms. The van der Waals surface area contributed by atoms with Crippen LogP contribution in [0, 0.1) is 6.42 Å². The van der Waals surface area contributed by atoms with E-state index in [1.807, 2.05) is 0 Å². The summed E-state index contributed by atoms with van der Waals surface area (Å²) in [5.74, 6) is 0. The smallest absolute Gasteiger partial charge is 0.0654 e. The van der Waals surface area contributed by atoms with Crippen molar-refractivity contribution in [2.24, 2.45) is 0 Å². The van der Waals surface area contributed by atoms with Gasteiger partial charge < -0.3 is 0 Å². The van der Waals surface area contributed by atoms with E-state index in [9.17, 15) is 0 Å². The van der Waals surface area contributed by atoms with E-state index < -0.39 is 8.80 Å². The second kappa shape index (κ2) is 7.28. The lowest BCUT2D eigenvalue weighted by molar-refractivity contribution is 0.845. The van der Waals surface area contributed by atoms with Crippen LogP contribution < -0.4 is 5.19 Å². The van der Waals surface area contributed by atoms with Crippen LogP contribution in [0.2, 0.25) is 12.1 Å². The van der Waals surface area contributed by atoms with Crippen molar-refractivity contribution in [3.05, 3.63) is 60.0 Å². The van der Waals surface area contributed by atoms with Crippen LogP contribution in [-0.2, 0) is 0 Å². The van der Waals surface area contributed by atoms with E-state index in [1.54, 1.807) is 10.8 Å². The van der Waals surface area contributed by atoms with Gasteiger partial charge in [-0.05, 0) is 22.3 Å². The van der Waals surface area contributed by atoms with Crippen molar-refractivity contribution in [1.82, 2.24) is 0 Å². The molecule has 0 nitrogen and oxygen atoms in total. The molecular formula is C21H27Si. The van der Waals surface area contributed by atoms with Crippen molar-refractivity contribution in [3.8, 4) is 11.1 Å². The topological polar surface area (TPSA) is 0 Å². The maximum absolute atomic E-state index is 2.44. The minimum Gasteiger partial charge on any atom is -0.0654 e. The Hall–Kier alpha value is -1.34. The molecule has 0 unspecified atom stereocenters. The molecule has 0 bridgehead atoms. The molecule has 0 aliphatic heterocycles. The van der Waals surface area contributed by atoms with Gasteiger partial charge in [-0.25, -0.2) is 0 Å². The molecule has 115 valence electrons. The fourth-order valence-corrected chi connectivity index (χ4v) is 7.49. The van der Waals surface area contributed by atoms with Crippen molar-refractivity contribution in [2.75, 3.05) is 0 Å². The van der Waals surface area contributed by atoms with Crippen LogP contribution in [0.3, 0.4) is 0 Å². The first kappa shape index (κ1) is 15.5. The summed E-state index contributed by atoms with van der Waals surface area (Å²) in [6.07, 6.45) is 7.90. The highest BCUT2D eigenvalue weighted by Gasteiger charge is 2.24.